The van der Waals surface area contributed by atoms with Crippen LogP contribution < -0.4 is 20.1 Å². The summed E-state index contributed by atoms with van der Waals surface area (Å²) in [5.74, 6) is -0.709. The Labute approximate surface area is 215 Å². The minimum atomic E-state index is -0.537. The van der Waals surface area contributed by atoms with Crippen LogP contribution >= 0.6 is 22.6 Å². The summed E-state index contributed by atoms with van der Waals surface area (Å²) < 4.78 is 24.7. The molecule has 0 aliphatic carbocycles. The van der Waals surface area contributed by atoms with Gasteiger partial charge in [-0.2, -0.15) is 5.26 Å². The smallest absolute Gasteiger partial charge is 0.266 e. The number of carbonyl (C=O) groups is 2. The summed E-state index contributed by atoms with van der Waals surface area (Å²) in [5.41, 5.74) is 2.47. The molecule has 0 spiro atoms. The van der Waals surface area contributed by atoms with E-state index in [1.165, 1.54) is 37.5 Å². The molecule has 178 valence electrons. The zero-order valence-electron chi connectivity index (χ0n) is 18.9. The molecule has 2 amide bonds. The summed E-state index contributed by atoms with van der Waals surface area (Å²) in [7, 11) is 1.44. The van der Waals surface area contributed by atoms with E-state index < -0.39 is 17.6 Å². The molecule has 2 N–H and O–H groups in total. The van der Waals surface area contributed by atoms with Crippen molar-refractivity contribution < 1.29 is 23.5 Å². The molecule has 3 aromatic carbocycles. The van der Waals surface area contributed by atoms with Crippen LogP contribution in [-0.2, 0) is 9.59 Å². The van der Waals surface area contributed by atoms with Crippen molar-refractivity contribution >= 4 is 51.9 Å². The zero-order chi connectivity index (χ0) is 25.4. The molecule has 0 saturated carbocycles. The summed E-state index contributed by atoms with van der Waals surface area (Å²) in [6.45, 7) is 1.60. The van der Waals surface area contributed by atoms with Crippen LogP contribution in [0.1, 0.15) is 11.1 Å². The fraction of sp³-hybridized carbons (Fsp3) is 0.115. The Bertz CT molecular complexity index is 1320. The van der Waals surface area contributed by atoms with Crippen LogP contribution in [0.15, 0.2) is 66.2 Å². The summed E-state index contributed by atoms with van der Waals surface area (Å²) in [4.78, 5) is 24.8. The Morgan fingerprint density at radius 1 is 1.09 bits per heavy atom. The van der Waals surface area contributed by atoms with Gasteiger partial charge < -0.3 is 20.1 Å². The highest BCUT2D eigenvalue weighted by Crippen LogP contribution is 2.34. The van der Waals surface area contributed by atoms with Gasteiger partial charge in [0.05, 0.1) is 10.7 Å². The molecular weight excluding hydrogens is 564 g/mol. The van der Waals surface area contributed by atoms with Crippen molar-refractivity contribution in [3.63, 3.8) is 0 Å². The van der Waals surface area contributed by atoms with Crippen molar-refractivity contribution in [3.05, 3.63) is 86.8 Å². The van der Waals surface area contributed by atoms with E-state index in [1.807, 2.05) is 47.7 Å². The minimum absolute atomic E-state index is 0.0864. The summed E-state index contributed by atoms with van der Waals surface area (Å²) in [6, 6.07) is 17.9. The summed E-state index contributed by atoms with van der Waals surface area (Å²) in [6.07, 6.45) is 1.45. The van der Waals surface area contributed by atoms with Gasteiger partial charge in [0.1, 0.15) is 17.5 Å². The Kier molecular flexibility index (Phi) is 8.80. The second-order valence-electron chi connectivity index (χ2n) is 7.37. The van der Waals surface area contributed by atoms with E-state index >= 15 is 0 Å². The average molecular weight is 585 g/mol. The molecule has 0 fully saturated rings. The Hall–Kier alpha value is -3.91. The highest BCUT2D eigenvalue weighted by Gasteiger charge is 2.15. The SMILES string of the molecule is COc1cc(/C=C(\C#N)C(=O)Nc2cccc(C)c2)cc(I)c1OCC(=O)Nc1ccc(F)cc1. The van der Waals surface area contributed by atoms with Gasteiger partial charge in [-0.25, -0.2) is 4.39 Å². The standard InChI is InChI=1S/C26H21FIN3O4/c1-16-4-3-5-21(10-16)31-26(33)18(14-29)11-17-12-22(28)25(23(13-17)34-2)35-15-24(32)30-20-8-6-19(27)7-9-20/h3-13H,15H2,1-2H3,(H,30,32)(H,31,33)/b18-11+. The van der Waals surface area contributed by atoms with Crippen molar-refractivity contribution in [1.29, 1.82) is 5.26 Å². The normalized spacial score (nSPS) is 10.8. The van der Waals surface area contributed by atoms with Crippen molar-refractivity contribution in [3.8, 4) is 17.6 Å². The second kappa shape index (κ2) is 12.0. The lowest BCUT2D eigenvalue weighted by molar-refractivity contribution is -0.118. The van der Waals surface area contributed by atoms with Crippen LogP contribution in [0.5, 0.6) is 11.5 Å². The first-order valence-corrected chi connectivity index (χ1v) is 11.4. The molecule has 0 aromatic heterocycles. The van der Waals surface area contributed by atoms with Gasteiger partial charge in [-0.15, -0.1) is 0 Å². The largest absolute Gasteiger partial charge is 0.493 e. The third-order valence-electron chi connectivity index (χ3n) is 4.68. The van der Waals surface area contributed by atoms with Crippen molar-refractivity contribution in [2.45, 2.75) is 6.92 Å². The number of nitrogens with one attached hydrogen (secondary N) is 2. The molecule has 0 heterocycles. The molecular formula is C26H21FIN3O4. The number of aryl methyl sites for hydroxylation is 1. The number of nitrogens with zero attached hydrogens (tertiary/aromatic N) is 1. The van der Waals surface area contributed by atoms with Crippen LogP contribution in [0.4, 0.5) is 15.8 Å². The van der Waals surface area contributed by atoms with Crippen LogP contribution in [0.2, 0.25) is 0 Å². The number of ether oxygens (including phenoxy) is 2. The number of rotatable bonds is 8. The molecule has 35 heavy (non-hydrogen) atoms. The van der Waals surface area contributed by atoms with Gasteiger partial charge in [0.2, 0.25) is 0 Å². The maximum atomic E-state index is 13.0. The van der Waals surface area contributed by atoms with E-state index in [0.29, 0.717) is 32.0 Å². The van der Waals surface area contributed by atoms with Crippen LogP contribution in [0.3, 0.4) is 0 Å². The van der Waals surface area contributed by atoms with Gasteiger partial charge in [0, 0.05) is 11.4 Å². The number of hydrogen-bond acceptors (Lipinski definition) is 5. The molecule has 9 heteroatoms. The molecule has 0 aliphatic rings. The molecule has 0 radical (unpaired) electrons. The second-order valence-corrected chi connectivity index (χ2v) is 8.53. The van der Waals surface area contributed by atoms with Crippen LogP contribution in [0, 0.1) is 27.6 Å². The fourth-order valence-corrected chi connectivity index (χ4v) is 3.85. The van der Waals surface area contributed by atoms with E-state index in [4.69, 9.17) is 9.47 Å². The van der Waals surface area contributed by atoms with Crippen molar-refractivity contribution in [1.82, 2.24) is 0 Å². The molecule has 0 bridgehead atoms. The predicted octanol–water partition coefficient (Wildman–Crippen LogP) is 5.31. The number of amides is 2. The molecule has 3 rings (SSSR count). The third-order valence-corrected chi connectivity index (χ3v) is 5.48. The fourth-order valence-electron chi connectivity index (χ4n) is 3.07. The first kappa shape index (κ1) is 25.7. The van der Waals surface area contributed by atoms with E-state index in [1.54, 1.807) is 24.3 Å². The van der Waals surface area contributed by atoms with Gasteiger partial charge in [0.15, 0.2) is 18.1 Å². The number of benzene rings is 3. The van der Waals surface area contributed by atoms with E-state index in [9.17, 15) is 19.2 Å². The number of carbonyl (C=O) groups excluding carboxylic acids is 2. The first-order valence-electron chi connectivity index (χ1n) is 10.3. The van der Waals surface area contributed by atoms with E-state index in [0.717, 1.165) is 5.56 Å². The molecule has 7 nitrogen and oxygen atoms in total. The van der Waals surface area contributed by atoms with Gasteiger partial charge >= 0.3 is 0 Å². The molecule has 0 saturated heterocycles. The molecule has 3 aromatic rings. The Balaban J connectivity index is 1.73. The van der Waals surface area contributed by atoms with E-state index in [2.05, 4.69) is 10.6 Å². The number of nitriles is 1. The molecule has 0 atom stereocenters. The quantitative estimate of drug-likeness (QED) is 0.212. The predicted molar refractivity (Wildman–Crippen MR) is 140 cm³/mol. The Morgan fingerprint density at radius 3 is 2.49 bits per heavy atom. The maximum Gasteiger partial charge on any atom is 0.266 e. The maximum absolute atomic E-state index is 13.0. The van der Waals surface area contributed by atoms with E-state index in [-0.39, 0.29) is 12.2 Å². The zero-order valence-corrected chi connectivity index (χ0v) is 21.1. The summed E-state index contributed by atoms with van der Waals surface area (Å²) >= 11 is 2.02. The summed E-state index contributed by atoms with van der Waals surface area (Å²) in [5, 5.41) is 14.8. The van der Waals surface area contributed by atoms with Gasteiger partial charge in [-0.1, -0.05) is 12.1 Å². The lowest BCUT2D eigenvalue weighted by Gasteiger charge is -2.14. The Morgan fingerprint density at radius 2 is 1.83 bits per heavy atom. The number of hydrogen-bond donors (Lipinski definition) is 2. The molecule has 0 unspecified atom stereocenters. The lowest BCUT2D eigenvalue weighted by Crippen LogP contribution is -2.20. The average Bonchev–Trinajstić information content (AvgIpc) is 2.82. The highest BCUT2D eigenvalue weighted by molar-refractivity contribution is 14.1. The van der Waals surface area contributed by atoms with Crippen LogP contribution in [0.25, 0.3) is 6.08 Å². The topological polar surface area (TPSA) is 100 Å². The monoisotopic (exact) mass is 585 g/mol. The van der Waals surface area contributed by atoms with Crippen molar-refractivity contribution in [2.75, 3.05) is 24.4 Å². The lowest BCUT2D eigenvalue weighted by atomic mass is 10.1. The first-order chi connectivity index (χ1) is 16.8. The number of methoxy groups -OCH3 is 1. The van der Waals surface area contributed by atoms with Gasteiger partial charge in [-0.3, -0.25) is 9.59 Å². The van der Waals surface area contributed by atoms with Gasteiger partial charge in [-0.05, 0) is 95.2 Å². The van der Waals surface area contributed by atoms with Crippen molar-refractivity contribution in [2.24, 2.45) is 0 Å². The molecule has 0 aliphatic heterocycles. The number of anilines is 2. The number of halogens is 2. The third kappa shape index (κ3) is 7.28. The highest BCUT2D eigenvalue weighted by atomic mass is 127. The minimum Gasteiger partial charge on any atom is -0.493 e. The van der Waals surface area contributed by atoms with Gasteiger partial charge in [0.25, 0.3) is 11.8 Å². The van der Waals surface area contributed by atoms with Crippen LogP contribution in [-0.4, -0.2) is 25.5 Å².